The van der Waals surface area contributed by atoms with Crippen LogP contribution < -0.4 is 29.1 Å². The third-order valence-corrected chi connectivity index (χ3v) is 7.25. The van der Waals surface area contributed by atoms with Crippen LogP contribution in [0.2, 0.25) is 0 Å². The zero-order chi connectivity index (χ0) is 25.6. The largest absolute Gasteiger partial charge is 0.504 e. The van der Waals surface area contributed by atoms with Crippen molar-refractivity contribution in [3.8, 4) is 23.0 Å². The molecule has 11 heteroatoms. The van der Waals surface area contributed by atoms with E-state index in [0.29, 0.717) is 42.1 Å². The summed E-state index contributed by atoms with van der Waals surface area (Å²) in [5.74, 6) is 0.733. The molecule has 2 aliphatic rings. The summed E-state index contributed by atoms with van der Waals surface area (Å²) in [4.78, 5) is 31.8. The smallest absolute Gasteiger partial charge is 0.338 e. The lowest BCUT2D eigenvalue weighted by Crippen LogP contribution is -2.39. The van der Waals surface area contributed by atoms with Gasteiger partial charge < -0.3 is 24.1 Å². The standard InChI is InChI=1S/C25H21BrN2O7S/c1-4-33-24(31)20-12(2)27-25-28(21(20)13-5-6-16-17(8-13)35-11-34-16)23(30)19(36-25)9-14-7-15(26)10-18(32-3)22(14)29/h5-10,21,29H,4,11H2,1-3H3/b19-9+/t21-/m0/s1. The van der Waals surface area contributed by atoms with Gasteiger partial charge >= 0.3 is 5.97 Å². The second kappa shape index (κ2) is 9.47. The van der Waals surface area contributed by atoms with Gasteiger partial charge in [0, 0.05) is 10.0 Å². The molecule has 2 aromatic carbocycles. The first-order valence-electron chi connectivity index (χ1n) is 11.0. The van der Waals surface area contributed by atoms with Crippen LogP contribution in [0.4, 0.5) is 0 Å². The van der Waals surface area contributed by atoms with Crippen LogP contribution in [-0.4, -0.2) is 36.2 Å². The maximum atomic E-state index is 13.7. The molecular weight excluding hydrogens is 552 g/mol. The van der Waals surface area contributed by atoms with E-state index in [1.807, 2.05) is 0 Å². The summed E-state index contributed by atoms with van der Waals surface area (Å²) in [5.41, 5.74) is 1.40. The molecule has 186 valence electrons. The van der Waals surface area contributed by atoms with E-state index in [2.05, 4.69) is 20.9 Å². The Labute approximate surface area is 217 Å². The molecule has 0 aliphatic carbocycles. The zero-order valence-corrected chi connectivity index (χ0v) is 21.9. The van der Waals surface area contributed by atoms with Crippen LogP contribution in [0, 0.1) is 0 Å². The van der Waals surface area contributed by atoms with E-state index in [0.717, 1.165) is 11.3 Å². The summed E-state index contributed by atoms with van der Waals surface area (Å²) in [5, 5.41) is 10.6. The van der Waals surface area contributed by atoms with Gasteiger partial charge in [0.05, 0.1) is 35.6 Å². The first-order chi connectivity index (χ1) is 17.3. The number of carbonyl (C=O) groups is 1. The molecule has 3 heterocycles. The quantitative estimate of drug-likeness (QED) is 0.468. The van der Waals surface area contributed by atoms with Gasteiger partial charge in [0.1, 0.15) is 0 Å². The first kappa shape index (κ1) is 24.1. The van der Waals surface area contributed by atoms with E-state index in [4.69, 9.17) is 18.9 Å². The van der Waals surface area contributed by atoms with Crippen molar-refractivity contribution in [3.05, 3.63) is 76.9 Å². The number of allylic oxidation sites excluding steroid dienone is 1. The van der Waals surface area contributed by atoms with Gasteiger partial charge in [-0.3, -0.25) is 9.36 Å². The third-order valence-electron chi connectivity index (χ3n) is 5.81. The SMILES string of the molecule is CCOC(=O)C1=C(C)N=c2s/c(=C/c3cc(Br)cc(OC)c3O)c(=O)n2[C@H]1c1ccc2c(c1)OCO2. The molecule has 0 bridgehead atoms. The number of fused-ring (bicyclic) bond motifs is 2. The highest BCUT2D eigenvalue weighted by atomic mass is 79.9. The molecule has 0 saturated heterocycles. The van der Waals surface area contributed by atoms with Crippen molar-refractivity contribution < 1.29 is 28.8 Å². The van der Waals surface area contributed by atoms with Crippen LogP contribution in [0.1, 0.15) is 31.0 Å². The Kier molecular flexibility index (Phi) is 6.35. The van der Waals surface area contributed by atoms with Crippen molar-refractivity contribution in [2.45, 2.75) is 19.9 Å². The minimum atomic E-state index is -0.789. The van der Waals surface area contributed by atoms with Crippen molar-refractivity contribution in [3.63, 3.8) is 0 Å². The molecule has 36 heavy (non-hydrogen) atoms. The number of nitrogens with zero attached hydrogens (tertiary/aromatic N) is 2. The van der Waals surface area contributed by atoms with Crippen LogP contribution in [-0.2, 0) is 9.53 Å². The number of thiazole rings is 1. The molecule has 0 saturated carbocycles. The number of aromatic hydroxyl groups is 1. The second-order valence-corrected chi connectivity index (χ2v) is 9.89. The number of benzene rings is 2. The Bertz CT molecular complexity index is 1610. The van der Waals surface area contributed by atoms with Crippen LogP contribution in [0.3, 0.4) is 0 Å². The van der Waals surface area contributed by atoms with Crippen LogP contribution in [0.5, 0.6) is 23.0 Å². The average Bonchev–Trinajstić information content (AvgIpc) is 3.44. The van der Waals surface area contributed by atoms with Gasteiger partial charge in [-0.15, -0.1) is 0 Å². The fraction of sp³-hybridized carbons (Fsp3) is 0.240. The molecule has 1 atom stereocenters. The van der Waals surface area contributed by atoms with Crippen LogP contribution in [0.25, 0.3) is 6.08 Å². The molecule has 3 aromatic rings. The summed E-state index contributed by atoms with van der Waals surface area (Å²) in [7, 11) is 1.45. The van der Waals surface area contributed by atoms with Gasteiger partial charge in [0.15, 0.2) is 27.8 Å². The maximum absolute atomic E-state index is 13.7. The van der Waals surface area contributed by atoms with E-state index >= 15 is 0 Å². The van der Waals surface area contributed by atoms with E-state index in [1.165, 1.54) is 11.7 Å². The van der Waals surface area contributed by atoms with E-state index in [-0.39, 0.29) is 36.0 Å². The Hall–Kier alpha value is -3.57. The average molecular weight is 573 g/mol. The van der Waals surface area contributed by atoms with Crippen molar-refractivity contribution in [2.75, 3.05) is 20.5 Å². The summed E-state index contributed by atoms with van der Waals surface area (Å²) >= 11 is 4.56. The summed E-state index contributed by atoms with van der Waals surface area (Å²) in [6.45, 7) is 3.71. The molecule has 0 amide bonds. The number of hydrogen-bond acceptors (Lipinski definition) is 9. The number of methoxy groups -OCH3 is 1. The lowest BCUT2D eigenvalue weighted by Gasteiger charge is -2.24. The lowest BCUT2D eigenvalue weighted by molar-refractivity contribution is -0.139. The van der Waals surface area contributed by atoms with Gasteiger partial charge in [-0.05, 0) is 49.8 Å². The Morgan fingerprint density at radius 2 is 2.08 bits per heavy atom. The monoisotopic (exact) mass is 572 g/mol. The number of phenolic OH excluding ortho intramolecular Hbond substituents is 1. The highest BCUT2D eigenvalue weighted by Gasteiger charge is 2.34. The number of phenols is 1. The molecule has 5 rings (SSSR count). The number of hydrogen-bond donors (Lipinski definition) is 1. The molecule has 1 aromatic heterocycles. The summed E-state index contributed by atoms with van der Waals surface area (Å²) in [6, 6.07) is 7.81. The third kappa shape index (κ3) is 4.07. The minimum Gasteiger partial charge on any atom is -0.504 e. The highest BCUT2D eigenvalue weighted by molar-refractivity contribution is 9.10. The van der Waals surface area contributed by atoms with E-state index < -0.39 is 12.0 Å². The van der Waals surface area contributed by atoms with Crippen molar-refractivity contribution in [1.82, 2.24) is 4.57 Å². The number of esters is 1. The zero-order valence-electron chi connectivity index (χ0n) is 19.5. The summed E-state index contributed by atoms with van der Waals surface area (Å²) in [6.07, 6.45) is 1.58. The highest BCUT2D eigenvalue weighted by Crippen LogP contribution is 2.38. The molecule has 2 aliphatic heterocycles. The number of rotatable bonds is 5. The number of halogens is 1. The van der Waals surface area contributed by atoms with Crippen molar-refractivity contribution >= 4 is 39.3 Å². The van der Waals surface area contributed by atoms with Crippen LogP contribution >= 0.6 is 27.3 Å². The fourth-order valence-corrected chi connectivity index (χ4v) is 5.68. The Morgan fingerprint density at radius 1 is 1.31 bits per heavy atom. The minimum absolute atomic E-state index is 0.0951. The molecule has 9 nitrogen and oxygen atoms in total. The van der Waals surface area contributed by atoms with Gasteiger partial charge in [-0.25, -0.2) is 9.79 Å². The Balaban J connectivity index is 1.74. The van der Waals surface area contributed by atoms with Crippen molar-refractivity contribution in [2.24, 2.45) is 4.99 Å². The number of ether oxygens (including phenoxy) is 4. The van der Waals surface area contributed by atoms with E-state index in [9.17, 15) is 14.7 Å². The molecule has 0 unspecified atom stereocenters. The molecule has 1 N–H and O–H groups in total. The predicted molar refractivity (Wildman–Crippen MR) is 135 cm³/mol. The summed E-state index contributed by atoms with van der Waals surface area (Å²) < 4.78 is 24.0. The molecule has 0 radical (unpaired) electrons. The lowest BCUT2D eigenvalue weighted by atomic mass is 9.95. The number of carbonyl (C=O) groups excluding carboxylic acids is 1. The molecular formula is C25H21BrN2O7S. The normalized spacial score (nSPS) is 16.6. The van der Waals surface area contributed by atoms with Gasteiger partial charge in [-0.1, -0.05) is 33.3 Å². The van der Waals surface area contributed by atoms with Gasteiger partial charge in [0.2, 0.25) is 6.79 Å². The molecule has 0 fully saturated rings. The van der Waals surface area contributed by atoms with Gasteiger partial charge in [0.25, 0.3) is 5.56 Å². The van der Waals surface area contributed by atoms with Crippen LogP contribution in [0.15, 0.2) is 55.9 Å². The molecule has 0 spiro atoms. The van der Waals surface area contributed by atoms with E-state index in [1.54, 1.807) is 50.3 Å². The second-order valence-electron chi connectivity index (χ2n) is 7.96. The van der Waals surface area contributed by atoms with Crippen molar-refractivity contribution in [1.29, 1.82) is 0 Å². The maximum Gasteiger partial charge on any atom is 0.338 e. The fourth-order valence-electron chi connectivity index (χ4n) is 4.19. The predicted octanol–water partition coefficient (Wildman–Crippen LogP) is 3.00. The Morgan fingerprint density at radius 3 is 2.83 bits per heavy atom. The topological polar surface area (TPSA) is 109 Å². The number of aromatic nitrogens is 1. The first-order valence-corrected chi connectivity index (χ1v) is 12.6. The van der Waals surface area contributed by atoms with Gasteiger partial charge in [-0.2, -0.15) is 0 Å².